The predicted octanol–water partition coefficient (Wildman–Crippen LogP) is 1.09. The minimum absolute atomic E-state index is 0.194. The van der Waals surface area contributed by atoms with E-state index in [1.807, 2.05) is 0 Å². The summed E-state index contributed by atoms with van der Waals surface area (Å²) >= 11 is 0. The van der Waals surface area contributed by atoms with Crippen LogP contribution >= 0.6 is 0 Å². The SMILES string of the molecule is CO[SiH2]CCC(F)(F)F. The number of alkyl halides is 3. The Bertz CT molecular complexity index is 72.7. The number of hydrogen-bond acceptors (Lipinski definition) is 1. The van der Waals surface area contributed by atoms with Crippen molar-refractivity contribution in [1.82, 2.24) is 0 Å². The van der Waals surface area contributed by atoms with E-state index in [0.717, 1.165) is 0 Å². The molecule has 56 valence electrons. The fourth-order valence-corrected chi connectivity index (χ4v) is 1.25. The van der Waals surface area contributed by atoms with Gasteiger partial charge in [0.1, 0.15) is 0 Å². The molecular weight excluding hydrogens is 149 g/mol. The lowest BCUT2D eigenvalue weighted by atomic mass is 10.5. The molecule has 9 heavy (non-hydrogen) atoms. The Kier molecular flexibility index (Phi) is 3.88. The largest absolute Gasteiger partial charge is 0.427 e. The van der Waals surface area contributed by atoms with Crippen molar-refractivity contribution in [2.45, 2.75) is 18.6 Å². The molecule has 5 heteroatoms. The highest BCUT2D eigenvalue weighted by Crippen LogP contribution is 2.20. The van der Waals surface area contributed by atoms with E-state index in [9.17, 15) is 13.2 Å². The van der Waals surface area contributed by atoms with Crippen LogP contribution in [0.2, 0.25) is 6.04 Å². The van der Waals surface area contributed by atoms with Crippen LogP contribution in [0.25, 0.3) is 0 Å². The van der Waals surface area contributed by atoms with Crippen molar-refractivity contribution in [3.8, 4) is 0 Å². The van der Waals surface area contributed by atoms with Crippen LogP contribution in [-0.4, -0.2) is 23.0 Å². The Morgan fingerprint density at radius 1 is 1.44 bits per heavy atom. The van der Waals surface area contributed by atoms with Crippen LogP contribution in [-0.2, 0) is 4.43 Å². The first-order chi connectivity index (χ1) is 4.06. The number of hydrogen-bond donors (Lipinski definition) is 0. The van der Waals surface area contributed by atoms with Crippen LogP contribution in [0.4, 0.5) is 13.2 Å². The lowest BCUT2D eigenvalue weighted by Crippen LogP contribution is -2.08. The van der Waals surface area contributed by atoms with E-state index < -0.39 is 22.4 Å². The Morgan fingerprint density at radius 3 is 2.33 bits per heavy atom. The molecule has 1 nitrogen and oxygen atoms in total. The molecule has 0 aliphatic rings. The monoisotopic (exact) mass is 158 g/mol. The second-order valence-corrected chi connectivity index (χ2v) is 3.40. The maximum Gasteiger partial charge on any atom is 0.388 e. The summed E-state index contributed by atoms with van der Waals surface area (Å²) in [4.78, 5) is 0. The molecule has 0 spiro atoms. The fourth-order valence-electron chi connectivity index (χ4n) is 0.417. The zero-order valence-corrected chi connectivity index (χ0v) is 6.58. The van der Waals surface area contributed by atoms with Crippen molar-refractivity contribution in [2.24, 2.45) is 0 Å². The molecule has 0 atom stereocenters. The van der Waals surface area contributed by atoms with Crippen LogP contribution in [0.1, 0.15) is 6.42 Å². The Hall–Kier alpha value is -0.0331. The third-order valence-corrected chi connectivity index (χ3v) is 1.86. The molecule has 0 aromatic heterocycles. The average molecular weight is 158 g/mol. The molecule has 0 amide bonds. The first-order valence-electron chi connectivity index (χ1n) is 2.62. The van der Waals surface area contributed by atoms with Gasteiger partial charge in [-0.3, -0.25) is 0 Å². The molecule has 0 aliphatic heterocycles. The van der Waals surface area contributed by atoms with E-state index >= 15 is 0 Å². The van der Waals surface area contributed by atoms with Crippen molar-refractivity contribution in [3.05, 3.63) is 0 Å². The van der Waals surface area contributed by atoms with Crippen molar-refractivity contribution in [3.63, 3.8) is 0 Å². The molecular formula is C4H9F3OSi. The minimum atomic E-state index is -3.99. The second-order valence-electron chi connectivity index (χ2n) is 1.71. The average Bonchev–Trinajstić information content (AvgIpc) is 1.63. The predicted molar refractivity (Wildman–Crippen MR) is 31.0 cm³/mol. The van der Waals surface area contributed by atoms with Gasteiger partial charge in [0.15, 0.2) is 9.76 Å². The van der Waals surface area contributed by atoms with Gasteiger partial charge in [0, 0.05) is 13.5 Å². The van der Waals surface area contributed by atoms with Gasteiger partial charge in [-0.25, -0.2) is 0 Å². The van der Waals surface area contributed by atoms with Gasteiger partial charge in [0.25, 0.3) is 0 Å². The highest BCUT2D eigenvalue weighted by atomic mass is 28.2. The molecule has 0 aromatic carbocycles. The van der Waals surface area contributed by atoms with Crippen LogP contribution in [0.3, 0.4) is 0 Å². The zero-order chi connectivity index (χ0) is 7.33. The van der Waals surface area contributed by atoms with Crippen molar-refractivity contribution < 1.29 is 17.6 Å². The second kappa shape index (κ2) is 3.89. The molecule has 0 fully saturated rings. The maximum absolute atomic E-state index is 11.3. The van der Waals surface area contributed by atoms with Crippen LogP contribution in [0, 0.1) is 0 Å². The molecule has 0 bridgehead atoms. The fraction of sp³-hybridized carbons (Fsp3) is 1.00. The summed E-state index contributed by atoms with van der Waals surface area (Å²) in [5.41, 5.74) is 0. The van der Waals surface area contributed by atoms with Gasteiger partial charge >= 0.3 is 6.18 Å². The minimum Gasteiger partial charge on any atom is -0.427 e. The maximum atomic E-state index is 11.3. The van der Waals surface area contributed by atoms with Crippen molar-refractivity contribution >= 4 is 9.76 Å². The lowest BCUT2D eigenvalue weighted by molar-refractivity contribution is -0.130. The van der Waals surface area contributed by atoms with E-state index in [-0.39, 0.29) is 6.04 Å². The van der Waals surface area contributed by atoms with Crippen LogP contribution < -0.4 is 0 Å². The van der Waals surface area contributed by atoms with Gasteiger partial charge in [-0.1, -0.05) is 0 Å². The molecule has 0 saturated heterocycles. The third kappa shape index (κ3) is 7.97. The smallest absolute Gasteiger partial charge is 0.388 e. The van der Waals surface area contributed by atoms with Crippen LogP contribution in [0.15, 0.2) is 0 Å². The third-order valence-electron chi connectivity index (χ3n) is 0.809. The Labute approximate surface area is 54.1 Å². The van der Waals surface area contributed by atoms with Gasteiger partial charge in [-0.05, 0) is 6.04 Å². The highest BCUT2D eigenvalue weighted by molar-refractivity contribution is 6.26. The van der Waals surface area contributed by atoms with Crippen molar-refractivity contribution in [2.75, 3.05) is 7.11 Å². The van der Waals surface area contributed by atoms with E-state index in [1.54, 1.807) is 0 Å². The molecule has 0 saturated carbocycles. The number of rotatable bonds is 3. The number of halogens is 3. The molecule has 0 radical (unpaired) electrons. The molecule has 0 aliphatic carbocycles. The van der Waals surface area contributed by atoms with E-state index in [4.69, 9.17) is 0 Å². The summed E-state index contributed by atoms with van der Waals surface area (Å²) in [5.74, 6) is 0. The quantitative estimate of drug-likeness (QED) is 0.441. The van der Waals surface area contributed by atoms with Gasteiger partial charge < -0.3 is 4.43 Å². The normalized spacial score (nSPS) is 13.3. The highest BCUT2D eigenvalue weighted by Gasteiger charge is 2.25. The van der Waals surface area contributed by atoms with Gasteiger partial charge in [-0.2, -0.15) is 13.2 Å². The Morgan fingerprint density at radius 2 is 2.00 bits per heavy atom. The summed E-state index contributed by atoms with van der Waals surface area (Å²) in [5, 5.41) is 0. The summed E-state index contributed by atoms with van der Waals surface area (Å²) < 4.78 is 38.6. The van der Waals surface area contributed by atoms with E-state index in [1.165, 1.54) is 7.11 Å². The van der Waals surface area contributed by atoms with Gasteiger partial charge in [0.05, 0.1) is 0 Å². The van der Waals surface area contributed by atoms with Crippen LogP contribution in [0.5, 0.6) is 0 Å². The first-order valence-corrected chi connectivity index (χ1v) is 4.19. The lowest BCUT2D eigenvalue weighted by Gasteiger charge is -2.03. The molecule has 0 rings (SSSR count). The summed E-state index contributed by atoms with van der Waals surface area (Å²) in [6.07, 6.45) is -4.68. The topological polar surface area (TPSA) is 9.23 Å². The van der Waals surface area contributed by atoms with Gasteiger partial charge in [0.2, 0.25) is 0 Å². The molecule has 0 heterocycles. The molecule has 0 unspecified atom stereocenters. The first kappa shape index (κ1) is 8.97. The van der Waals surface area contributed by atoms with Crippen molar-refractivity contribution in [1.29, 1.82) is 0 Å². The standard InChI is InChI=1S/C4H9F3OSi/c1-8-9-3-2-4(5,6)7/h2-3,9H2,1H3. The Balaban J connectivity index is 3.07. The summed E-state index contributed by atoms with van der Waals surface area (Å²) in [6.45, 7) is 0. The molecule has 0 aromatic rings. The summed E-state index contributed by atoms with van der Waals surface area (Å²) in [6, 6.07) is 0.194. The van der Waals surface area contributed by atoms with E-state index in [0.29, 0.717) is 0 Å². The van der Waals surface area contributed by atoms with E-state index in [2.05, 4.69) is 4.43 Å². The zero-order valence-electron chi connectivity index (χ0n) is 5.16. The van der Waals surface area contributed by atoms with Gasteiger partial charge in [-0.15, -0.1) is 0 Å². The molecule has 0 N–H and O–H groups in total. The summed E-state index contributed by atoms with van der Waals surface area (Å²) in [7, 11) is 0.569.